The Labute approximate surface area is 129 Å². The summed E-state index contributed by atoms with van der Waals surface area (Å²) in [6.45, 7) is 2.78. The summed E-state index contributed by atoms with van der Waals surface area (Å²) >= 11 is 0. The highest BCUT2D eigenvalue weighted by atomic mass is 19.1. The summed E-state index contributed by atoms with van der Waals surface area (Å²) in [5.41, 5.74) is 2.69. The third kappa shape index (κ3) is 3.31. The van der Waals surface area contributed by atoms with Crippen LogP contribution in [-0.4, -0.2) is 46.2 Å². The van der Waals surface area contributed by atoms with Crippen LogP contribution in [0.5, 0.6) is 0 Å². The number of halogens is 1. The van der Waals surface area contributed by atoms with Gasteiger partial charge in [-0.3, -0.25) is 9.97 Å². The van der Waals surface area contributed by atoms with Gasteiger partial charge in [0.15, 0.2) is 0 Å². The maximum Gasteiger partial charge on any atom is 0.123 e. The lowest BCUT2D eigenvalue weighted by atomic mass is 9.91. The van der Waals surface area contributed by atoms with Crippen LogP contribution in [0.2, 0.25) is 0 Å². The average molecular weight is 301 g/mol. The second-order valence-electron chi connectivity index (χ2n) is 5.66. The molecule has 0 spiro atoms. The molecule has 0 bridgehead atoms. The van der Waals surface area contributed by atoms with Crippen LogP contribution in [0, 0.1) is 5.82 Å². The van der Waals surface area contributed by atoms with E-state index < -0.39 is 0 Å². The van der Waals surface area contributed by atoms with E-state index >= 15 is 0 Å². The summed E-state index contributed by atoms with van der Waals surface area (Å²) < 4.78 is 13.1. The molecule has 116 valence electrons. The van der Waals surface area contributed by atoms with Crippen LogP contribution in [-0.2, 0) is 0 Å². The zero-order valence-corrected chi connectivity index (χ0v) is 12.5. The van der Waals surface area contributed by atoms with E-state index in [0.717, 1.165) is 42.9 Å². The third-order valence-electron chi connectivity index (χ3n) is 4.15. The Bertz CT molecular complexity index is 616. The van der Waals surface area contributed by atoms with Gasteiger partial charge in [-0.2, -0.15) is 0 Å². The van der Waals surface area contributed by atoms with E-state index in [2.05, 4.69) is 14.9 Å². The molecule has 2 heterocycles. The molecule has 0 amide bonds. The SMILES string of the molecule is OCCN1CCCC(c2nccnc2-c2ccc(F)cc2)C1. The van der Waals surface area contributed by atoms with Gasteiger partial charge in [0, 0.05) is 37.0 Å². The normalized spacial score (nSPS) is 19.3. The first-order valence-electron chi connectivity index (χ1n) is 7.68. The van der Waals surface area contributed by atoms with Crippen molar-refractivity contribution in [3.63, 3.8) is 0 Å². The quantitative estimate of drug-likeness (QED) is 0.942. The van der Waals surface area contributed by atoms with E-state index in [0.29, 0.717) is 12.5 Å². The third-order valence-corrected chi connectivity index (χ3v) is 4.15. The summed E-state index contributed by atoms with van der Waals surface area (Å²) in [4.78, 5) is 11.3. The Kier molecular flexibility index (Phi) is 4.75. The fraction of sp³-hybridized carbons (Fsp3) is 0.412. The van der Waals surface area contributed by atoms with Crippen molar-refractivity contribution in [2.75, 3.05) is 26.2 Å². The van der Waals surface area contributed by atoms with Crippen molar-refractivity contribution in [1.29, 1.82) is 0 Å². The number of aliphatic hydroxyl groups is 1. The molecule has 1 unspecified atom stereocenters. The van der Waals surface area contributed by atoms with Crippen molar-refractivity contribution in [3.05, 3.63) is 48.2 Å². The van der Waals surface area contributed by atoms with E-state index in [1.54, 1.807) is 24.5 Å². The van der Waals surface area contributed by atoms with Crippen molar-refractivity contribution in [3.8, 4) is 11.3 Å². The molecular weight excluding hydrogens is 281 g/mol. The molecular formula is C17H20FN3O. The summed E-state index contributed by atoms with van der Waals surface area (Å²) in [6.07, 6.45) is 5.54. The standard InChI is InChI=1S/C17H20FN3O/c18-15-5-3-13(4-6-15)16-17(20-8-7-19-16)14-2-1-9-21(12-14)10-11-22/h3-8,14,22H,1-2,9-12H2. The highest BCUT2D eigenvalue weighted by Crippen LogP contribution is 2.31. The van der Waals surface area contributed by atoms with E-state index in [-0.39, 0.29) is 12.4 Å². The first kappa shape index (κ1) is 15.1. The largest absolute Gasteiger partial charge is 0.395 e. The Morgan fingerprint density at radius 3 is 2.73 bits per heavy atom. The maximum atomic E-state index is 13.1. The van der Waals surface area contributed by atoms with Gasteiger partial charge < -0.3 is 10.0 Å². The lowest BCUT2D eigenvalue weighted by Gasteiger charge is -2.32. The minimum atomic E-state index is -0.249. The number of aliphatic hydroxyl groups excluding tert-OH is 1. The van der Waals surface area contributed by atoms with E-state index in [1.165, 1.54) is 12.1 Å². The van der Waals surface area contributed by atoms with Crippen LogP contribution < -0.4 is 0 Å². The topological polar surface area (TPSA) is 49.2 Å². The molecule has 1 atom stereocenters. The number of nitrogens with zero attached hydrogens (tertiary/aromatic N) is 3. The number of piperidine rings is 1. The smallest absolute Gasteiger partial charge is 0.123 e. The van der Waals surface area contributed by atoms with Crippen molar-refractivity contribution in [1.82, 2.24) is 14.9 Å². The summed E-state index contributed by atoms with van der Waals surface area (Å²) in [5, 5.41) is 9.13. The van der Waals surface area contributed by atoms with Crippen LogP contribution in [0.15, 0.2) is 36.7 Å². The van der Waals surface area contributed by atoms with Gasteiger partial charge in [-0.1, -0.05) is 0 Å². The van der Waals surface area contributed by atoms with Gasteiger partial charge in [0.05, 0.1) is 18.0 Å². The zero-order chi connectivity index (χ0) is 15.4. The molecule has 4 nitrogen and oxygen atoms in total. The zero-order valence-electron chi connectivity index (χ0n) is 12.5. The molecule has 1 aromatic carbocycles. The van der Waals surface area contributed by atoms with Crippen molar-refractivity contribution < 1.29 is 9.50 Å². The summed E-state index contributed by atoms with van der Waals surface area (Å²) in [5.74, 6) is 0.0510. The molecule has 0 aliphatic carbocycles. The molecule has 5 heteroatoms. The van der Waals surface area contributed by atoms with Gasteiger partial charge in [0.2, 0.25) is 0 Å². The number of aromatic nitrogens is 2. The Balaban J connectivity index is 1.89. The van der Waals surface area contributed by atoms with E-state index in [9.17, 15) is 4.39 Å². The highest BCUT2D eigenvalue weighted by molar-refractivity contribution is 5.62. The molecule has 1 aromatic heterocycles. The Morgan fingerprint density at radius 2 is 1.95 bits per heavy atom. The molecule has 22 heavy (non-hydrogen) atoms. The van der Waals surface area contributed by atoms with E-state index in [4.69, 9.17) is 5.11 Å². The average Bonchev–Trinajstić information content (AvgIpc) is 2.56. The van der Waals surface area contributed by atoms with Crippen molar-refractivity contribution >= 4 is 0 Å². The molecule has 1 aliphatic rings. The second-order valence-corrected chi connectivity index (χ2v) is 5.66. The number of hydrogen-bond donors (Lipinski definition) is 1. The van der Waals surface area contributed by atoms with Gasteiger partial charge >= 0.3 is 0 Å². The molecule has 0 radical (unpaired) electrons. The van der Waals surface area contributed by atoms with Gasteiger partial charge in [0.1, 0.15) is 5.82 Å². The molecule has 1 N–H and O–H groups in total. The molecule has 1 saturated heterocycles. The van der Waals surface area contributed by atoms with Crippen molar-refractivity contribution in [2.45, 2.75) is 18.8 Å². The van der Waals surface area contributed by atoms with Crippen LogP contribution in [0.4, 0.5) is 4.39 Å². The summed E-state index contributed by atoms with van der Waals surface area (Å²) in [7, 11) is 0. The number of hydrogen-bond acceptors (Lipinski definition) is 4. The molecule has 1 fully saturated rings. The minimum Gasteiger partial charge on any atom is -0.395 e. The first-order valence-corrected chi connectivity index (χ1v) is 7.68. The van der Waals surface area contributed by atoms with Gasteiger partial charge in [0.25, 0.3) is 0 Å². The molecule has 2 aromatic rings. The van der Waals surface area contributed by atoms with E-state index in [1.807, 2.05) is 0 Å². The lowest BCUT2D eigenvalue weighted by molar-refractivity contribution is 0.160. The predicted octanol–water partition coefficient (Wildman–Crippen LogP) is 2.45. The van der Waals surface area contributed by atoms with Gasteiger partial charge in [-0.15, -0.1) is 0 Å². The monoisotopic (exact) mass is 301 g/mol. The molecule has 0 saturated carbocycles. The van der Waals surface area contributed by atoms with Crippen LogP contribution in [0.25, 0.3) is 11.3 Å². The summed E-state index contributed by atoms with van der Waals surface area (Å²) in [6, 6.07) is 6.40. The molecule has 1 aliphatic heterocycles. The predicted molar refractivity (Wildman–Crippen MR) is 82.9 cm³/mol. The van der Waals surface area contributed by atoms with Crippen LogP contribution in [0.1, 0.15) is 24.5 Å². The maximum absolute atomic E-state index is 13.1. The minimum absolute atomic E-state index is 0.179. The Hall–Kier alpha value is -1.85. The number of rotatable bonds is 4. The van der Waals surface area contributed by atoms with Crippen LogP contribution in [0.3, 0.4) is 0 Å². The fourth-order valence-corrected chi connectivity index (χ4v) is 3.10. The lowest BCUT2D eigenvalue weighted by Crippen LogP contribution is -2.36. The molecule has 3 rings (SSSR count). The number of likely N-dealkylation sites (tertiary alicyclic amines) is 1. The van der Waals surface area contributed by atoms with Gasteiger partial charge in [-0.05, 0) is 43.7 Å². The number of β-amino-alcohol motifs (C(OH)–C–C–N with tert-alkyl or cyclic N) is 1. The highest BCUT2D eigenvalue weighted by Gasteiger charge is 2.25. The Morgan fingerprint density at radius 1 is 1.18 bits per heavy atom. The number of benzene rings is 1. The first-order chi connectivity index (χ1) is 10.8. The fourth-order valence-electron chi connectivity index (χ4n) is 3.10. The van der Waals surface area contributed by atoms with Crippen molar-refractivity contribution in [2.24, 2.45) is 0 Å². The van der Waals surface area contributed by atoms with Crippen LogP contribution >= 0.6 is 0 Å². The second kappa shape index (κ2) is 6.94. The van der Waals surface area contributed by atoms with Gasteiger partial charge in [-0.25, -0.2) is 4.39 Å².